The summed E-state index contributed by atoms with van der Waals surface area (Å²) in [6.07, 6.45) is 0.597. The molecule has 2 radical (unpaired) electrons. The van der Waals surface area contributed by atoms with Gasteiger partial charge in [0.05, 0.1) is 17.4 Å². The summed E-state index contributed by atoms with van der Waals surface area (Å²) in [5.41, 5.74) is 0. The summed E-state index contributed by atoms with van der Waals surface area (Å²) < 4.78 is 18.6. The van der Waals surface area contributed by atoms with Crippen LogP contribution in [0.15, 0.2) is 54.6 Å². The maximum absolute atomic E-state index is 6.42. The van der Waals surface area contributed by atoms with Crippen LogP contribution < -0.4 is 14.7 Å². The minimum atomic E-state index is -0.306. The third-order valence-electron chi connectivity index (χ3n) is 4.77. The van der Waals surface area contributed by atoms with Crippen LogP contribution in [0.1, 0.15) is 34.6 Å². The van der Waals surface area contributed by atoms with Crippen molar-refractivity contribution < 1.29 is 14.2 Å². The molecule has 29 heavy (non-hydrogen) atoms. The largest absolute Gasteiger partial charge is 0.488 e. The van der Waals surface area contributed by atoms with Crippen molar-refractivity contribution in [3.05, 3.63) is 54.6 Å². The number of morpholine rings is 1. The molecule has 1 heterocycles. The Hall–Kier alpha value is -1.82. The fourth-order valence-electron chi connectivity index (χ4n) is 3.85. The Labute approximate surface area is 178 Å². The molecule has 4 nitrogen and oxygen atoms in total. The minimum absolute atomic E-state index is 0.0666. The van der Waals surface area contributed by atoms with Crippen LogP contribution in [-0.2, 0) is 4.74 Å². The van der Waals surface area contributed by atoms with Gasteiger partial charge in [-0.05, 0) is 46.8 Å². The van der Waals surface area contributed by atoms with Crippen molar-refractivity contribution in [1.82, 2.24) is 4.90 Å². The first-order chi connectivity index (χ1) is 13.8. The van der Waals surface area contributed by atoms with Crippen molar-refractivity contribution in [2.24, 2.45) is 0 Å². The first kappa shape index (κ1) is 21.9. The Bertz CT molecular complexity index is 758. The molecule has 0 aromatic heterocycles. The minimum Gasteiger partial charge on any atom is -0.488 e. The van der Waals surface area contributed by atoms with Gasteiger partial charge < -0.3 is 14.2 Å². The van der Waals surface area contributed by atoms with Gasteiger partial charge in [-0.1, -0.05) is 47.7 Å². The molecule has 3 atom stereocenters. The van der Waals surface area contributed by atoms with Crippen LogP contribution in [0.25, 0.3) is 0 Å². The SMILES string of the molecule is CC(CN1CC(C)OC(C)C1)Oc1ccccc1OC(C)(C)[Si]c1ccccc1. The molecule has 156 valence electrons. The van der Waals surface area contributed by atoms with E-state index in [0.29, 0.717) is 9.52 Å². The van der Waals surface area contributed by atoms with Crippen molar-refractivity contribution in [3.63, 3.8) is 0 Å². The smallest absolute Gasteiger partial charge is 0.161 e. The van der Waals surface area contributed by atoms with E-state index in [1.165, 1.54) is 5.19 Å². The second kappa shape index (κ2) is 9.79. The Morgan fingerprint density at radius 1 is 1.00 bits per heavy atom. The van der Waals surface area contributed by atoms with Crippen LogP contribution in [0.5, 0.6) is 11.5 Å². The van der Waals surface area contributed by atoms with Crippen molar-refractivity contribution >= 4 is 14.7 Å². The van der Waals surface area contributed by atoms with E-state index in [2.05, 4.69) is 63.8 Å². The molecule has 0 aliphatic carbocycles. The molecular weight excluding hydrogens is 378 g/mol. The maximum Gasteiger partial charge on any atom is 0.161 e. The Kier molecular flexibility index (Phi) is 7.38. The first-order valence-electron chi connectivity index (χ1n) is 10.5. The van der Waals surface area contributed by atoms with Gasteiger partial charge in [-0.2, -0.15) is 0 Å². The summed E-state index contributed by atoms with van der Waals surface area (Å²) in [5, 5.41) is 0.985. The molecule has 2 aromatic carbocycles. The van der Waals surface area contributed by atoms with Crippen molar-refractivity contribution in [2.75, 3.05) is 19.6 Å². The summed E-state index contributed by atoms with van der Waals surface area (Å²) in [6, 6.07) is 18.5. The standard InChI is InChI=1S/C24H33NO3Si/c1-18-15-25(16-19(2)26-18)17-20(3)27-22-13-9-10-14-23(22)28-24(4,5)29-21-11-7-6-8-12-21/h6-14,18-20H,15-17H2,1-5H3. The lowest BCUT2D eigenvalue weighted by Gasteiger charge is -2.36. The van der Waals surface area contributed by atoms with Gasteiger partial charge in [0.2, 0.25) is 0 Å². The zero-order chi connectivity index (χ0) is 20.9. The number of benzene rings is 2. The van der Waals surface area contributed by atoms with E-state index in [0.717, 1.165) is 31.1 Å². The summed E-state index contributed by atoms with van der Waals surface area (Å²) in [6.45, 7) is 13.4. The maximum atomic E-state index is 6.42. The van der Waals surface area contributed by atoms with Gasteiger partial charge in [0, 0.05) is 19.6 Å². The highest BCUT2D eigenvalue weighted by Crippen LogP contribution is 2.30. The van der Waals surface area contributed by atoms with Gasteiger partial charge in [-0.3, -0.25) is 4.90 Å². The van der Waals surface area contributed by atoms with Gasteiger partial charge in [0.15, 0.2) is 11.5 Å². The molecule has 0 spiro atoms. The van der Waals surface area contributed by atoms with Crippen LogP contribution in [0.2, 0.25) is 0 Å². The lowest BCUT2D eigenvalue weighted by Crippen LogP contribution is -2.48. The zero-order valence-corrected chi connectivity index (χ0v) is 19.2. The van der Waals surface area contributed by atoms with E-state index in [1.54, 1.807) is 0 Å². The van der Waals surface area contributed by atoms with E-state index in [-0.39, 0.29) is 23.5 Å². The molecule has 1 saturated heterocycles. The molecule has 1 aliphatic heterocycles. The molecule has 1 aliphatic rings. The lowest BCUT2D eigenvalue weighted by atomic mass is 10.2. The van der Waals surface area contributed by atoms with Crippen LogP contribution in [0.3, 0.4) is 0 Å². The van der Waals surface area contributed by atoms with Gasteiger partial charge in [-0.15, -0.1) is 0 Å². The van der Waals surface area contributed by atoms with E-state index >= 15 is 0 Å². The molecule has 0 amide bonds. The summed E-state index contributed by atoms with van der Waals surface area (Å²) in [5.74, 6) is 1.61. The molecule has 3 unspecified atom stereocenters. The second-order valence-electron chi connectivity index (χ2n) is 8.45. The predicted octanol–water partition coefficient (Wildman–Crippen LogP) is 3.71. The van der Waals surface area contributed by atoms with Crippen molar-refractivity contribution in [3.8, 4) is 11.5 Å². The highest BCUT2D eigenvalue weighted by Gasteiger charge is 2.26. The summed E-state index contributed by atoms with van der Waals surface area (Å²) in [7, 11) is 0.547. The second-order valence-corrected chi connectivity index (χ2v) is 10.5. The number of hydrogen-bond acceptors (Lipinski definition) is 4. The summed E-state index contributed by atoms with van der Waals surface area (Å²) in [4.78, 5) is 2.42. The topological polar surface area (TPSA) is 30.9 Å². The molecule has 3 rings (SSSR count). The average Bonchev–Trinajstić information content (AvgIpc) is 2.62. The predicted molar refractivity (Wildman–Crippen MR) is 120 cm³/mol. The Morgan fingerprint density at radius 2 is 1.59 bits per heavy atom. The monoisotopic (exact) mass is 411 g/mol. The highest BCUT2D eigenvalue weighted by atomic mass is 28.2. The third-order valence-corrected chi connectivity index (χ3v) is 6.10. The molecule has 1 fully saturated rings. The molecule has 0 bridgehead atoms. The fourth-order valence-corrected chi connectivity index (χ4v) is 5.07. The van der Waals surface area contributed by atoms with Gasteiger partial charge in [0.25, 0.3) is 0 Å². The molecule has 5 heteroatoms. The highest BCUT2D eigenvalue weighted by molar-refractivity contribution is 6.56. The van der Waals surface area contributed by atoms with Crippen LogP contribution in [0, 0.1) is 0 Å². The van der Waals surface area contributed by atoms with Crippen molar-refractivity contribution in [1.29, 1.82) is 0 Å². The van der Waals surface area contributed by atoms with Gasteiger partial charge in [-0.25, -0.2) is 0 Å². The number of hydrogen-bond donors (Lipinski definition) is 0. The normalized spacial score (nSPS) is 21.6. The zero-order valence-electron chi connectivity index (χ0n) is 18.2. The molecular formula is C24H33NO3Si. The van der Waals surface area contributed by atoms with Crippen LogP contribution >= 0.6 is 0 Å². The van der Waals surface area contributed by atoms with E-state index in [1.807, 2.05) is 30.3 Å². The quantitative estimate of drug-likeness (QED) is 0.620. The number of ether oxygens (including phenoxy) is 3. The Balaban J connectivity index is 1.62. The van der Waals surface area contributed by atoms with E-state index in [4.69, 9.17) is 14.2 Å². The fraction of sp³-hybridized carbons (Fsp3) is 0.500. The van der Waals surface area contributed by atoms with Crippen LogP contribution in [0.4, 0.5) is 0 Å². The van der Waals surface area contributed by atoms with Crippen molar-refractivity contribution in [2.45, 2.75) is 58.2 Å². The van der Waals surface area contributed by atoms with E-state index in [9.17, 15) is 0 Å². The van der Waals surface area contributed by atoms with Gasteiger partial charge in [0.1, 0.15) is 15.6 Å². The number of rotatable bonds is 8. The molecule has 0 saturated carbocycles. The summed E-state index contributed by atoms with van der Waals surface area (Å²) >= 11 is 0. The molecule has 0 N–H and O–H groups in total. The average molecular weight is 412 g/mol. The van der Waals surface area contributed by atoms with Crippen LogP contribution in [-0.4, -0.2) is 57.6 Å². The Morgan fingerprint density at radius 3 is 2.24 bits per heavy atom. The molecule has 2 aromatic rings. The lowest BCUT2D eigenvalue weighted by molar-refractivity contribution is -0.0741. The number of para-hydroxylation sites is 2. The van der Waals surface area contributed by atoms with E-state index < -0.39 is 0 Å². The van der Waals surface area contributed by atoms with Gasteiger partial charge >= 0.3 is 0 Å². The third kappa shape index (κ3) is 6.87. The first-order valence-corrected chi connectivity index (χ1v) is 11.5. The number of nitrogens with zero attached hydrogens (tertiary/aromatic N) is 1.